The molecule has 8 N–H and O–H groups in total. The van der Waals surface area contributed by atoms with E-state index < -0.39 is 9.84 Å². The van der Waals surface area contributed by atoms with E-state index in [1.165, 1.54) is 24.3 Å². The van der Waals surface area contributed by atoms with Crippen LogP contribution in [-0.2, 0) is 9.84 Å². The molecule has 2 aromatic rings. The van der Waals surface area contributed by atoms with Crippen molar-refractivity contribution in [3.63, 3.8) is 0 Å². The molecule has 0 spiro atoms. The highest BCUT2D eigenvalue weighted by Gasteiger charge is 2.19. The molecule has 2 rings (SSSR count). The minimum atomic E-state index is -3.80. The fourth-order valence-electron chi connectivity index (χ4n) is 1.54. The van der Waals surface area contributed by atoms with Gasteiger partial charge in [-0.25, -0.2) is 8.42 Å². The van der Waals surface area contributed by atoms with E-state index in [9.17, 15) is 18.6 Å². The molecule has 0 amide bonds. The summed E-state index contributed by atoms with van der Waals surface area (Å²) in [6, 6.07) is 7.20. The van der Waals surface area contributed by atoms with Crippen molar-refractivity contribution in [2.24, 2.45) is 0 Å². The first kappa shape index (κ1) is 18.8. The maximum Gasteiger partial charge on any atom is 0.206 e. The topological polar surface area (TPSA) is 158 Å². The monoisotopic (exact) mass is 334 g/mol. The number of nitrogens with two attached hydrogens (primary N) is 2. The minimum Gasteiger partial charge on any atom is -0.506 e. The molecule has 0 aliphatic carbocycles. The van der Waals surface area contributed by atoms with Gasteiger partial charge in [0.15, 0.2) is 0 Å². The van der Waals surface area contributed by atoms with Gasteiger partial charge in [0.05, 0.1) is 21.2 Å². The summed E-state index contributed by atoms with van der Waals surface area (Å²) in [6.07, 6.45) is 0. The Kier molecular flexibility index (Phi) is 5.86. The smallest absolute Gasteiger partial charge is 0.206 e. The van der Waals surface area contributed by atoms with Crippen molar-refractivity contribution in [3.05, 3.63) is 36.4 Å². The first-order valence-electron chi connectivity index (χ1n) is 5.24. The van der Waals surface area contributed by atoms with Crippen molar-refractivity contribution in [2.75, 3.05) is 11.5 Å². The Balaban J connectivity index is 0.00000200. The number of hydrogen-bond acceptors (Lipinski definition) is 6. The Hall–Kier alpha value is -2.16. The molecule has 116 valence electrons. The molecule has 0 aromatic heterocycles. The number of phenolic OH excluding ortho intramolecular Hbond substituents is 2. The lowest BCUT2D eigenvalue weighted by Gasteiger charge is -2.08. The summed E-state index contributed by atoms with van der Waals surface area (Å²) in [4.78, 5) is -0.124. The van der Waals surface area contributed by atoms with Crippen LogP contribution in [0.25, 0.3) is 0 Å². The Bertz CT molecular complexity index is 692. The van der Waals surface area contributed by atoms with Gasteiger partial charge in [0.1, 0.15) is 11.5 Å². The van der Waals surface area contributed by atoms with Crippen LogP contribution in [0.15, 0.2) is 46.2 Å². The number of halogens is 1. The second-order valence-corrected chi connectivity index (χ2v) is 5.89. The van der Waals surface area contributed by atoms with Crippen LogP contribution >= 0.6 is 12.4 Å². The number of sulfone groups is 1. The van der Waals surface area contributed by atoms with Crippen molar-refractivity contribution in [3.8, 4) is 11.5 Å². The molecule has 0 fully saturated rings. The number of phenols is 2. The molecule has 21 heavy (non-hydrogen) atoms. The largest absolute Gasteiger partial charge is 0.506 e. The molecule has 0 unspecified atom stereocenters. The second-order valence-electron chi connectivity index (χ2n) is 3.94. The highest BCUT2D eigenvalue weighted by Crippen LogP contribution is 2.30. The van der Waals surface area contributed by atoms with E-state index in [-0.39, 0.29) is 50.5 Å². The average Bonchev–Trinajstić information content (AvgIpc) is 2.35. The van der Waals surface area contributed by atoms with E-state index in [0.717, 1.165) is 12.1 Å². The fourth-order valence-corrected chi connectivity index (χ4v) is 2.87. The summed E-state index contributed by atoms with van der Waals surface area (Å²) in [5.41, 5.74) is 10.9. The van der Waals surface area contributed by atoms with Crippen molar-refractivity contribution in [2.45, 2.75) is 9.79 Å². The summed E-state index contributed by atoms with van der Waals surface area (Å²) in [7, 11) is -3.80. The zero-order chi connectivity index (χ0) is 14.2. The highest BCUT2D eigenvalue weighted by molar-refractivity contribution is 7.91. The molecule has 0 radical (unpaired) electrons. The fraction of sp³-hybridized carbons (Fsp3) is 0. The maximum absolute atomic E-state index is 12.3. The van der Waals surface area contributed by atoms with E-state index in [2.05, 4.69) is 0 Å². The lowest BCUT2D eigenvalue weighted by molar-refractivity contribution is 0.477. The number of hydrogen-bond donors (Lipinski definition) is 4. The molecule has 0 aliphatic rings. The molecule has 0 atom stereocenters. The van der Waals surface area contributed by atoms with Crippen LogP contribution in [-0.4, -0.2) is 24.1 Å². The molecule has 0 bridgehead atoms. The molecule has 7 nitrogen and oxygen atoms in total. The Morgan fingerprint density at radius 2 is 1.14 bits per heavy atom. The van der Waals surface area contributed by atoms with Gasteiger partial charge < -0.3 is 27.2 Å². The third-order valence-corrected chi connectivity index (χ3v) is 4.37. The lowest BCUT2D eigenvalue weighted by Crippen LogP contribution is -2.03. The van der Waals surface area contributed by atoms with Crippen molar-refractivity contribution >= 4 is 33.6 Å². The summed E-state index contributed by atoms with van der Waals surface area (Å²) < 4.78 is 24.6. The molecule has 0 heterocycles. The van der Waals surface area contributed by atoms with Gasteiger partial charge in [-0.2, -0.15) is 0 Å². The van der Waals surface area contributed by atoms with Crippen LogP contribution in [0, 0.1) is 0 Å². The van der Waals surface area contributed by atoms with Crippen molar-refractivity contribution in [1.29, 1.82) is 0 Å². The first-order chi connectivity index (χ1) is 8.82. The lowest BCUT2D eigenvalue weighted by atomic mass is 10.3. The number of nitrogen functional groups attached to an aromatic ring is 2. The zero-order valence-corrected chi connectivity index (χ0v) is 12.3. The normalized spacial score (nSPS) is 10.3. The maximum atomic E-state index is 12.3. The van der Waals surface area contributed by atoms with E-state index in [1.54, 1.807) is 0 Å². The third-order valence-electron chi connectivity index (χ3n) is 2.62. The quantitative estimate of drug-likeness (QED) is 0.467. The Morgan fingerprint density at radius 1 is 0.810 bits per heavy atom. The molecule has 0 saturated carbocycles. The molecular formula is C12H15ClN2O5S. The predicted molar refractivity (Wildman–Crippen MR) is 81.4 cm³/mol. The molecule has 0 aliphatic heterocycles. The van der Waals surface area contributed by atoms with Gasteiger partial charge in [-0.05, 0) is 36.4 Å². The average molecular weight is 335 g/mol. The first-order valence-corrected chi connectivity index (χ1v) is 6.73. The van der Waals surface area contributed by atoms with Gasteiger partial charge >= 0.3 is 0 Å². The Morgan fingerprint density at radius 3 is 1.43 bits per heavy atom. The van der Waals surface area contributed by atoms with Gasteiger partial charge in [-0.1, -0.05) is 0 Å². The van der Waals surface area contributed by atoms with Gasteiger partial charge in [0.2, 0.25) is 9.84 Å². The van der Waals surface area contributed by atoms with Crippen LogP contribution in [0.2, 0.25) is 0 Å². The van der Waals surface area contributed by atoms with Crippen LogP contribution in [0.1, 0.15) is 0 Å². The zero-order valence-electron chi connectivity index (χ0n) is 10.6. The number of anilines is 2. The van der Waals surface area contributed by atoms with Crippen LogP contribution in [0.3, 0.4) is 0 Å². The SMILES string of the molecule is Cl.Nc1cc(S(=O)(=O)c2ccc(O)c(N)c2)ccc1O.O. The number of rotatable bonds is 2. The van der Waals surface area contributed by atoms with E-state index in [1.807, 2.05) is 0 Å². The van der Waals surface area contributed by atoms with Gasteiger partial charge in [-0.15, -0.1) is 12.4 Å². The van der Waals surface area contributed by atoms with Crippen molar-refractivity contribution < 1.29 is 24.1 Å². The van der Waals surface area contributed by atoms with Crippen LogP contribution < -0.4 is 11.5 Å². The molecule has 9 heteroatoms. The van der Waals surface area contributed by atoms with E-state index >= 15 is 0 Å². The standard InChI is InChI=1S/C12H12N2O4S.ClH.H2O/c13-9-5-7(1-3-11(9)15)19(17,18)8-2-4-12(16)10(14)6-8;;/h1-6,15-16H,13-14H2;1H;1H2. The van der Waals surface area contributed by atoms with Crippen molar-refractivity contribution in [1.82, 2.24) is 0 Å². The van der Waals surface area contributed by atoms with Gasteiger partial charge in [-0.3, -0.25) is 0 Å². The number of aromatic hydroxyl groups is 2. The molecular weight excluding hydrogens is 320 g/mol. The summed E-state index contributed by atoms with van der Waals surface area (Å²) >= 11 is 0. The summed E-state index contributed by atoms with van der Waals surface area (Å²) in [5.74, 6) is -0.381. The highest BCUT2D eigenvalue weighted by atomic mass is 35.5. The van der Waals surface area contributed by atoms with E-state index in [0.29, 0.717) is 0 Å². The van der Waals surface area contributed by atoms with Crippen LogP contribution in [0.5, 0.6) is 11.5 Å². The Labute approximate surface area is 127 Å². The van der Waals surface area contributed by atoms with E-state index in [4.69, 9.17) is 11.5 Å². The third kappa shape index (κ3) is 3.48. The number of benzene rings is 2. The summed E-state index contributed by atoms with van der Waals surface area (Å²) in [5, 5.41) is 18.6. The molecule has 2 aromatic carbocycles. The van der Waals surface area contributed by atoms with Crippen LogP contribution in [0.4, 0.5) is 11.4 Å². The minimum absolute atomic E-state index is 0. The second kappa shape index (κ2) is 6.53. The summed E-state index contributed by atoms with van der Waals surface area (Å²) in [6.45, 7) is 0. The van der Waals surface area contributed by atoms with Gasteiger partial charge in [0.25, 0.3) is 0 Å². The predicted octanol–water partition coefficient (Wildman–Crippen LogP) is 0.692. The van der Waals surface area contributed by atoms with Gasteiger partial charge in [0, 0.05) is 0 Å². The molecule has 0 saturated heterocycles.